The highest BCUT2D eigenvalue weighted by Gasteiger charge is 2.13. The minimum atomic E-state index is -0.291. The van der Waals surface area contributed by atoms with E-state index in [4.69, 9.17) is 4.74 Å². The molecule has 120 valence electrons. The van der Waals surface area contributed by atoms with Gasteiger partial charge >= 0.3 is 0 Å². The number of aromatic nitrogens is 1. The first-order chi connectivity index (χ1) is 11.1. The molecule has 0 spiro atoms. The molecule has 0 saturated heterocycles. The van der Waals surface area contributed by atoms with Crippen molar-refractivity contribution < 1.29 is 14.3 Å². The number of hydrogen-bond acceptors (Lipinski definition) is 4. The predicted octanol–water partition coefficient (Wildman–Crippen LogP) is 1.94. The van der Waals surface area contributed by atoms with Crippen molar-refractivity contribution >= 4 is 17.6 Å². The van der Waals surface area contributed by atoms with Gasteiger partial charge in [-0.05, 0) is 17.7 Å². The van der Waals surface area contributed by atoms with E-state index in [-0.39, 0.29) is 18.4 Å². The van der Waals surface area contributed by atoms with Crippen molar-refractivity contribution in [2.75, 3.05) is 26.1 Å². The van der Waals surface area contributed by atoms with Crippen LogP contribution >= 0.6 is 0 Å². The van der Waals surface area contributed by atoms with Crippen LogP contribution in [0.25, 0.3) is 0 Å². The van der Waals surface area contributed by atoms with E-state index in [0.29, 0.717) is 17.9 Å². The number of carbonyl (C=O) groups excluding carboxylic acids is 2. The zero-order valence-electron chi connectivity index (χ0n) is 13.2. The zero-order chi connectivity index (χ0) is 16.7. The molecule has 1 aromatic carbocycles. The molecule has 1 aromatic heterocycles. The summed E-state index contributed by atoms with van der Waals surface area (Å²) in [5.41, 5.74) is 1.52. The fourth-order valence-corrected chi connectivity index (χ4v) is 2.05. The van der Waals surface area contributed by atoms with Crippen molar-refractivity contribution in [2.24, 2.45) is 0 Å². The maximum absolute atomic E-state index is 12.4. The van der Waals surface area contributed by atoms with E-state index in [2.05, 4.69) is 10.3 Å². The van der Waals surface area contributed by atoms with Crippen LogP contribution in [0.4, 0.5) is 5.82 Å². The monoisotopic (exact) mass is 313 g/mol. The van der Waals surface area contributed by atoms with Gasteiger partial charge in [-0.1, -0.05) is 30.3 Å². The Morgan fingerprint density at radius 2 is 1.91 bits per heavy atom. The van der Waals surface area contributed by atoms with Gasteiger partial charge in [0.2, 0.25) is 0 Å². The SMILES string of the molecule is COCC(=O)Nc1ccc(C(=O)N(C)Cc2ccccc2)cn1. The first-order valence-corrected chi connectivity index (χ1v) is 7.14. The summed E-state index contributed by atoms with van der Waals surface area (Å²) in [6.45, 7) is 0.480. The van der Waals surface area contributed by atoms with Crippen LogP contribution in [0.2, 0.25) is 0 Å². The standard InChI is InChI=1S/C17H19N3O3/c1-20(11-13-6-4-3-5-7-13)17(22)14-8-9-15(18-10-14)19-16(21)12-23-2/h3-10H,11-12H2,1-2H3,(H,18,19,21). The number of benzene rings is 1. The Morgan fingerprint density at radius 1 is 1.17 bits per heavy atom. The fourth-order valence-electron chi connectivity index (χ4n) is 2.05. The van der Waals surface area contributed by atoms with Crippen molar-refractivity contribution in [3.05, 3.63) is 59.8 Å². The average molecular weight is 313 g/mol. The molecule has 2 aromatic rings. The van der Waals surface area contributed by atoms with Crippen molar-refractivity contribution in [2.45, 2.75) is 6.54 Å². The van der Waals surface area contributed by atoms with Gasteiger partial charge in [0.15, 0.2) is 0 Å². The molecule has 0 radical (unpaired) electrons. The zero-order valence-corrected chi connectivity index (χ0v) is 13.2. The van der Waals surface area contributed by atoms with Gasteiger partial charge in [0.05, 0.1) is 5.56 Å². The Hall–Kier alpha value is -2.73. The topological polar surface area (TPSA) is 71.5 Å². The van der Waals surface area contributed by atoms with Gasteiger partial charge in [0, 0.05) is 26.9 Å². The second-order valence-corrected chi connectivity index (χ2v) is 5.06. The van der Waals surface area contributed by atoms with Crippen molar-refractivity contribution in [1.29, 1.82) is 0 Å². The Labute approximate surface area is 135 Å². The van der Waals surface area contributed by atoms with E-state index in [1.807, 2.05) is 30.3 Å². The molecule has 0 aliphatic rings. The van der Waals surface area contributed by atoms with Crippen molar-refractivity contribution in [3.8, 4) is 0 Å². The molecule has 0 unspecified atom stereocenters. The first-order valence-electron chi connectivity index (χ1n) is 7.14. The van der Waals surface area contributed by atoms with E-state index in [1.54, 1.807) is 24.1 Å². The summed E-state index contributed by atoms with van der Waals surface area (Å²) in [5, 5.41) is 2.58. The smallest absolute Gasteiger partial charge is 0.255 e. The summed E-state index contributed by atoms with van der Waals surface area (Å²) in [6, 6.07) is 13.0. The highest BCUT2D eigenvalue weighted by molar-refractivity contribution is 5.95. The predicted molar refractivity (Wildman–Crippen MR) is 87.0 cm³/mol. The average Bonchev–Trinajstić information content (AvgIpc) is 2.56. The number of amides is 2. The number of rotatable bonds is 6. The maximum atomic E-state index is 12.4. The molecule has 0 saturated carbocycles. The molecule has 6 heteroatoms. The lowest BCUT2D eigenvalue weighted by Crippen LogP contribution is -2.26. The Kier molecular flexibility index (Phi) is 5.82. The first kappa shape index (κ1) is 16.6. The van der Waals surface area contributed by atoms with Crippen molar-refractivity contribution in [3.63, 3.8) is 0 Å². The van der Waals surface area contributed by atoms with E-state index in [9.17, 15) is 9.59 Å². The van der Waals surface area contributed by atoms with Crippen LogP contribution < -0.4 is 5.32 Å². The van der Waals surface area contributed by atoms with Crippen LogP contribution in [0.3, 0.4) is 0 Å². The molecule has 6 nitrogen and oxygen atoms in total. The van der Waals surface area contributed by atoms with Gasteiger partial charge in [0.1, 0.15) is 12.4 Å². The minimum Gasteiger partial charge on any atom is -0.375 e. The number of pyridine rings is 1. The fraction of sp³-hybridized carbons (Fsp3) is 0.235. The van der Waals surface area contributed by atoms with Crippen LogP contribution in [-0.2, 0) is 16.1 Å². The summed E-state index contributed by atoms with van der Waals surface area (Å²) >= 11 is 0. The second-order valence-electron chi connectivity index (χ2n) is 5.06. The lowest BCUT2D eigenvalue weighted by molar-refractivity contribution is -0.119. The van der Waals surface area contributed by atoms with E-state index in [1.165, 1.54) is 13.3 Å². The van der Waals surface area contributed by atoms with Gasteiger partial charge in [0.25, 0.3) is 11.8 Å². The highest BCUT2D eigenvalue weighted by atomic mass is 16.5. The lowest BCUT2D eigenvalue weighted by Gasteiger charge is -2.17. The van der Waals surface area contributed by atoms with E-state index in [0.717, 1.165) is 5.56 Å². The molecule has 1 heterocycles. The Bertz CT molecular complexity index is 657. The molecular weight excluding hydrogens is 294 g/mol. The summed E-state index contributed by atoms with van der Waals surface area (Å²) < 4.78 is 4.73. The number of ether oxygens (including phenoxy) is 1. The van der Waals surface area contributed by atoms with Gasteiger partial charge in [-0.25, -0.2) is 4.98 Å². The van der Waals surface area contributed by atoms with Gasteiger partial charge in [-0.15, -0.1) is 0 Å². The maximum Gasteiger partial charge on any atom is 0.255 e. The third-order valence-corrected chi connectivity index (χ3v) is 3.16. The molecule has 0 aliphatic heterocycles. The number of anilines is 1. The van der Waals surface area contributed by atoms with E-state index < -0.39 is 0 Å². The summed E-state index contributed by atoms with van der Waals surface area (Å²) in [7, 11) is 3.18. The van der Waals surface area contributed by atoms with Crippen LogP contribution in [0.1, 0.15) is 15.9 Å². The second kappa shape index (κ2) is 8.05. The number of hydrogen-bond donors (Lipinski definition) is 1. The van der Waals surface area contributed by atoms with Crippen molar-refractivity contribution in [1.82, 2.24) is 9.88 Å². The van der Waals surface area contributed by atoms with Crippen LogP contribution in [0.15, 0.2) is 48.7 Å². The molecule has 2 rings (SSSR count). The summed E-state index contributed by atoms with van der Waals surface area (Å²) in [6.07, 6.45) is 1.45. The third-order valence-electron chi connectivity index (χ3n) is 3.16. The quantitative estimate of drug-likeness (QED) is 0.884. The minimum absolute atomic E-state index is 0.0395. The molecule has 0 fully saturated rings. The van der Waals surface area contributed by atoms with Gasteiger partial charge in [-0.2, -0.15) is 0 Å². The number of carbonyl (C=O) groups is 2. The Morgan fingerprint density at radius 3 is 2.52 bits per heavy atom. The molecule has 0 bridgehead atoms. The molecule has 1 N–H and O–H groups in total. The molecule has 0 atom stereocenters. The summed E-state index contributed by atoms with van der Waals surface area (Å²) in [4.78, 5) is 29.5. The third kappa shape index (κ3) is 4.89. The molecular formula is C17H19N3O3. The number of nitrogens with zero attached hydrogens (tertiary/aromatic N) is 2. The normalized spacial score (nSPS) is 10.2. The largest absolute Gasteiger partial charge is 0.375 e. The van der Waals surface area contributed by atoms with Gasteiger partial charge in [-0.3, -0.25) is 9.59 Å². The number of nitrogens with one attached hydrogen (secondary N) is 1. The highest BCUT2D eigenvalue weighted by Crippen LogP contribution is 2.10. The van der Waals surface area contributed by atoms with Crippen LogP contribution in [0.5, 0.6) is 0 Å². The van der Waals surface area contributed by atoms with Crippen LogP contribution in [0, 0.1) is 0 Å². The van der Waals surface area contributed by atoms with Crippen LogP contribution in [-0.4, -0.2) is 42.5 Å². The number of methoxy groups -OCH3 is 1. The van der Waals surface area contributed by atoms with Gasteiger partial charge < -0.3 is 15.0 Å². The van der Waals surface area contributed by atoms with E-state index >= 15 is 0 Å². The molecule has 2 amide bonds. The Balaban J connectivity index is 1.98. The molecule has 0 aliphatic carbocycles. The summed E-state index contributed by atoms with van der Waals surface area (Å²) in [5.74, 6) is -0.0364. The molecule has 23 heavy (non-hydrogen) atoms. The lowest BCUT2D eigenvalue weighted by atomic mass is 10.2.